The van der Waals surface area contributed by atoms with Crippen LogP contribution < -0.4 is 5.73 Å². The van der Waals surface area contributed by atoms with Crippen LogP contribution in [-0.2, 0) is 9.59 Å². The van der Waals surface area contributed by atoms with E-state index in [0.717, 1.165) is 18.8 Å². The zero-order chi connectivity index (χ0) is 13.1. The van der Waals surface area contributed by atoms with Gasteiger partial charge in [-0.3, -0.25) is 9.59 Å². The molecule has 18 heavy (non-hydrogen) atoms. The number of likely N-dealkylation sites (tertiary alicyclic amines) is 1. The van der Waals surface area contributed by atoms with Crippen LogP contribution in [0.15, 0.2) is 11.6 Å². The summed E-state index contributed by atoms with van der Waals surface area (Å²) in [5.41, 5.74) is 6.75. The second kappa shape index (κ2) is 5.55. The number of carbonyl (C=O) groups is 2. The van der Waals surface area contributed by atoms with Gasteiger partial charge in [-0.1, -0.05) is 18.6 Å². The first-order chi connectivity index (χ1) is 8.61. The number of allylic oxidation sites excluding steroid dienone is 1. The lowest BCUT2D eigenvalue weighted by molar-refractivity contribution is -0.139. The smallest absolute Gasteiger partial charge is 0.240 e. The van der Waals surface area contributed by atoms with Crippen molar-refractivity contribution in [2.45, 2.75) is 51.5 Å². The molecule has 0 spiro atoms. The molecule has 2 rings (SSSR count). The standard InChI is InChI=1S/C14H22N2O2/c1-2-12(14(15)18)16-8-7-11(5-6-13(16)17)9-10-3-4-10/h9-10,12H,2-8H2,1H3,(H2,15,18). The second-order valence-corrected chi connectivity index (χ2v) is 5.33. The Labute approximate surface area is 108 Å². The molecule has 4 nitrogen and oxygen atoms in total. The van der Waals surface area contributed by atoms with Crippen LogP contribution in [0.5, 0.6) is 0 Å². The molecule has 2 fully saturated rings. The van der Waals surface area contributed by atoms with Crippen molar-refractivity contribution in [3.05, 3.63) is 11.6 Å². The number of amides is 2. The minimum absolute atomic E-state index is 0.0693. The van der Waals surface area contributed by atoms with Gasteiger partial charge in [-0.15, -0.1) is 0 Å². The number of rotatable bonds is 4. The van der Waals surface area contributed by atoms with Gasteiger partial charge in [0.15, 0.2) is 0 Å². The summed E-state index contributed by atoms with van der Waals surface area (Å²) >= 11 is 0. The van der Waals surface area contributed by atoms with Gasteiger partial charge in [-0.05, 0) is 38.0 Å². The molecule has 0 radical (unpaired) electrons. The van der Waals surface area contributed by atoms with Crippen LogP contribution in [-0.4, -0.2) is 29.3 Å². The highest BCUT2D eigenvalue weighted by Gasteiger charge is 2.29. The molecule has 2 amide bonds. The van der Waals surface area contributed by atoms with Crippen molar-refractivity contribution in [2.24, 2.45) is 11.7 Å². The molecule has 0 aromatic rings. The molecular formula is C14H22N2O2. The van der Waals surface area contributed by atoms with E-state index in [1.54, 1.807) is 4.90 Å². The van der Waals surface area contributed by atoms with Crippen molar-refractivity contribution in [1.29, 1.82) is 0 Å². The van der Waals surface area contributed by atoms with Crippen molar-refractivity contribution in [1.82, 2.24) is 4.90 Å². The fourth-order valence-corrected chi connectivity index (χ4v) is 2.59. The van der Waals surface area contributed by atoms with E-state index in [9.17, 15) is 9.59 Å². The van der Waals surface area contributed by atoms with Crippen molar-refractivity contribution in [3.8, 4) is 0 Å². The van der Waals surface area contributed by atoms with Gasteiger partial charge in [0, 0.05) is 13.0 Å². The molecule has 1 saturated heterocycles. The minimum Gasteiger partial charge on any atom is -0.368 e. The maximum Gasteiger partial charge on any atom is 0.240 e. The topological polar surface area (TPSA) is 63.4 Å². The lowest BCUT2D eigenvalue weighted by Crippen LogP contribution is -2.47. The summed E-state index contributed by atoms with van der Waals surface area (Å²) < 4.78 is 0. The van der Waals surface area contributed by atoms with Crippen LogP contribution in [0, 0.1) is 5.92 Å². The fraction of sp³-hybridized carbons (Fsp3) is 0.714. The first kappa shape index (κ1) is 13.1. The highest BCUT2D eigenvalue weighted by Crippen LogP contribution is 2.33. The molecule has 1 heterocycles. The van der Waals surface area contributed by atoms with Crippen LogP contribution in [0.1, 0.15) is 45.4 Å². The molecule has 4 heteroatoms. The van der Waals surface area contributed by atoms with Gasteiger partial charge in [0.2, 0.25) is 11.8 Å². The summed E-state index contributed by atoms with van der Waals surface area (Å²) in [5, 5.41) is 0. The van der Waals surface area contributed by atoms with Gasteiger partial charge in [0.1, 0.15) is 6.04 Å². The van der Waals surface area contributed by atoms with E-state index in [-0.39, 0.29) is 11.8 Å². The average Bonchev–Trinajstić information content (AvgIpc) is 3.13. The summed E-state index contributed by atoms with van der Waals surface area (Å²) in [5.74, 6) is 0.431. The largest absolute Gasteiger partial charge is 0.368 e. The summed E-state index contributed by atoms with van der Waals surface area (Å²) in [6, 6.07) is -0.433. The number of primary amides is 1. The van der Waals surface area contributed by atoms with Crippen molar-refractivity contribution in [3.63, 3.8) is 0 Å². The Morgan fingerprint density at radius 2 is 2.17 bits per heavy atom. The van der Waals surface area contributed by atoms with Gasteiger partial charge in [0.05, 0.1) is 0 Å². The highest BCUT2D eigenvalue weighted by molar-refractivity contribution is 5.86. The molecule has 0 aromatic carbocycles. The third kappa shape index (κ3) is 3.12. The van der Waals surface area contributed by atoms with Gasteiger partial charge >= 0.3 is 0 Å². The summed E-state index contributed by atoms with van der Waals surface area (Å²) in [7, 11) is 0. The molecular weight excluding hydrogens is 228 g/mol. The molecule has 1 atom stereocenters. The zero-order valence-corrected chi connectivity index (χ0v) is 11.0. The van der Waals surface area contributed by atoms with Crippen molar-refractivity contribution >= 4 is 11.8 Å². The molecule has 0 aromatic heterocycles. The zero-order valence-electron chi connectivity index (χ0n) is 11.0. The van der Waals surface area contributed by atoms with Crippen LogP contribution in [0.2, 0.25) is 0 Å². The number of nitrogens with two attached hydrogens (primary N) is 1. The molecule has 1 aliphatic carbocycles. The summed E-state index contributed by atoms with van der Waals surface area (Å²) in [6.45, 7) is 2.54. The first-order valence-electron chi connectivity index (χ1n) is 6.90. The van der Waals surface area contributed by atoms with E-state index >= 15 is 0 Å². The van der Waals surface area contributed by atoms with Crippen LogP contribution >= 0.6 is 0 Å². The van der Waals surface area contributed by atoms with Crippen LogP contribution in [0.25, 0.3) is 0 Å². The predicted molar refractivity (Wildman–Crippen MR) is 69.6 cm³/mol. The molecule has 2 N–H and O–H groups in total. The Hall–Kier alpha value is -1.32. The third-order valence-electron chi connectivity index (χ3n) is 3.84. The Bertz CT molecular complexity index is 372. The van der Waals surface area contributed by atoms with E-state index in [1.807, 2.05) is 6.92 Å². The Morgan fingerprint density at radius 3 is 2.72 bits per heavy atom. The summed E-state index contributed by atoms with van der Waals surface area (Å²) in [4.78, 5) is 25.1. The highest BCUT2D eigenvalue weighted by atomic mass is 16.2. The molecule has 1 unspecified atom stereocenters. The Morgan fingerprint density at radius 1 is 1.44 bits per heavy atom. The van der Waals surface area contributed by atoms with Gasteiger partial charge in [-0.25, -0.2) is 0 Å². The molecule has 1 saturated carbocycles. The molecule has 1 aliphatic heterocycles. The normalized spacial score (nSPS) is 25.1. The van der Waals surface area contributed by atoms with E-state index < -0.39 is 6.04 Å². The fourth-order valence-electron chi connectivity index (χ4n) is 2.59. The third-order valence-corrected chi connectivity index (χ3v) is 3.84. The lowest BCUT2D eigenvalue weighted by Gasteiger charge is -2.27. The molecule has 100 valence electrons. The Balaban J connectivity index is 2.03. The van der Waals surface area contributed by atoms with Gasteiger partial charge in [0.25, 0.3) is 0 Å². The maximum atomic E-state index is 12.1. The van der Waals surface area contributed by atoms with E-state index in [1.165, 1.54) is 18.4 Å². The van der Waals surface area contributed by atoms with Gasteiger partial charge < -0.3 is 10.6 Å². The Kier molecular flexibility index (Phi) is 4.04. The van der Waals surface area contributed by atoms with Gasteiger partial charge in [-0.2, -0.15) is 0 Å². The van der Waals surface area contributed by atoms with Crippen molar-refractivity contribution < 1.29 is 9.59 Å². The number of hydrogen-bond acceptors (Lipinski definition) is 2. The van der Waals surface area contributed by atoms with E-state index in [2.05, 4.69) is 6.08 Å². The average molecular weight is 250 g/mol. The monoisotopic (exact) mass is 250 g/mol. The number of carbonyl (C=O) groups excluding carboxylic acids is 2. The summed E-state index contributed by atoms with van der Waals surface area (Å²) in [6.07, 6.45) is 7.78. The number of nitrogens with zero attached hydrogens (tertiary/aromatic N) is 1. The molecule has 2 aliphatic rings. The van der Waals surface area contributed by atoms with Crippen LogP contribution in [0.4, 0.5) is 0 Å². The first-order valence-corrected chi connectivity index (χ1v) is 6.90. The van der Waals surface area contributed by atoms with E-state index in [4.69, 9.17) is 5.73 Å². The second-order valence-electron chi connectivity index (χ2n) is 5.33. The van der Waals surface area contributed by atoms with Crippen molar-refractivity contribution in [2.75, 3.05) is 6.54 Å². The number of hydrogen-bond donors (Lipinski definition) is 1. The molecule has 0 bridgehead atoms. The quantitative estimate of drug-likeness (QED) is 0.770. The SMILES string of the molecule is CCC(C(N)=O)N1CCC(=CC2CC2)CCC1=O. The maximum absolute atomic E-state index is 12.1. The minimum atomic E-state index is -0.433. The predicted octanol–water partition coefficient (Wildman–Crippen LogP) is 1.60. The van der Waals surface area contributed by atoms with Crippen LogP contribution in [0.3, 0.4) is 0 Å². The lowest BCUT2D eigenvalue weighted by atomic mass is 10.1. The van der Waals surface area contributed by atoms with E-state index in [0.29, 0.717) is 19.4 Å².